The molecule has 1 aromatic heterocycles. The molecule has 0 spiro atoms. The number of ether oxygens (including phenoxy) is 3. The van der Waals surface area contributed by atoms with E-state index >= 15 is 0 Å². The molecule has 5 amide bonds. The highest BCUT2D eigenvalue weighted by Gasteiger charge is 2.62. The van der Waals surface area contributed by atoms with Crippen molar-refractivity contribution < 1.29 is 51.4 Å². The standard InChI is InChI=1S/C32H45N5O11S2/c1-9-17-13-32(17,27(41)36-50(44,45)19-10-11-19)35-24(38)22-12-18(47-28(42)33-21-16-49-15-20(21)26(40)46-8)14-37(22)25(39)23(30(2,3)4)34-29(43)48-31(5,6)7/h9,15-19,22-23H,1,10-14H2,2-8H3,(H,33,42)(H,34,43)(H,35,38)(H,36,41)/t17?,18-,22+,23-,32-/m1/s1. The van der Waals surface area contributed by atoms with Gasteiger partial charge in [-0.3, -0.25) is 24.4 Å². The van der Waals surface area contributed by atoms with Crippen LogP contribution >= 0.6 is 11.3 Å². The first-order valence-corrected chi connectivity index (χ1v) is 18.5. The van der Waals surface area contributed by atoms with Gasteiger partial charge in [0, 0.05) is 23.1 Å². The number of alkyl carbamates (subject to hydrolysis) is 1. The number of likely N-dealkylation sites (tertiary alicyclic amines) is 1. The third-order valence-electron chi connectivity index (χ3n) is 8.45. The van der Waals surface area contributed by atoms with Crippen molar-refractivity contribution in [2.24, 2.45) is 11.3 Å². The van der Waals surface area contributed by atoms with Crippen molar-refractivity contribution in [3.63, 3.8) is 0 Å². The van der Waals surface area contributed by atoms with Gasteiger partial charge in [0.15, 0.2) is 0 Å². The summed E-state index contributed by atoms with van der Waals surface area (Å²) in [4.78, 5) is 80.6. The Labute approximate surface area is 295 Å². The van der Waals surface area contributed by atoms with Gasteiger partial charge in [-0.1, -0.05) is 26.8 Å². The number of nitrogens with one attached hydrogen (secondary N) is 4. The molecule has 1 saturated heterocycles. The molecule has 1 aliphatic heterocycles. The SMILES string of the molecule is C=CC1C[C@]1(NC(=O)[C@@H]1C[C@@H](OC(=O)Nc2cscc2C(=O)OC)CN1C(=O)[C@@H](NC(=O)OC(C)(C)C)C(C)(C)C)C(=O)NS(=O)(=O)C1CC1. The zero-order chi connectivity index (χ0) is 37.4. The van der Waals surface area contributed by atoms with Gasteiger partial charge in [0.25, 0.3) is 5.91 Å². The number of amides is 5. The van der Waals surface area contributed by atoms with Crippen molar-refractivity contribution in [1.82, 2.24) is 20.3 Å². The van der Waals surface area contributed by atoms with Crippen molar-refractivity contribution >= 4 is 62.9 Å². The summed E-state index contributed by atoms with van der Waals surface area (Å²) in [5.41, 5.74) is -3.16. The van der Waals surface area contributed by atoms with Crippen molar-refractivity contribution in [2.75, 3.05) is 19.0 Å². The molecule has 2 aliphatic carbocycles. The number of esters is 1. The van der Waals surface area contributed by atoms with Crippen LogP contribution in [0.5, 0.6) is 0 Å². The number of hydrogen-bond acceptors (Lipinski definition) is 12. The molecule has 16 nitrogen and oxygen atoms in total. The number of rotatable bonds is 11. The molecule has 0 aromatic carbocycles. The third-order valence-corrected chi connectivity index (χ3v) is 11.0. The highest BCUT2D eigenvalue weighted by molar-refractivity contribution is 7.91. The first kappa shape index (κ1) is 38.6. The molecule has 2 saturated carbocycles. The van der Waals surface area contributed by atoms with Crippen LogP contribution in [0.25, 0.3) is 0 Å². The first-order valence-electron chi connectivity index (χ1n) is 16.0. The second kappa shape index (κ2) is 14.2. The fourth-order valence-electron chi connectivity index (χ4n) is 5.59. The van der Waals surface area contributed by atoms with Crippen LogP contribution in [0, 0.1) is 11.3 Å². The molecular formula is C32H45N5O11S2. The second-order valence-corrected chi connectivity index (χ2v) is 17.4. The first-order chi connectivity index (χ1) is 23.1. The van der Waals surface area contributed by atoms with Crippen LogP contribution in [0.4, 0.5) is 15.3 Å². The predicted molar refractivity (Wildman–Crippen MR) is 182 cm³/mol. The Balaban J connectivity index is 1.59. The van der Waals surface area contributed by atoms with Crippen LogP contribution in [-0.2, 0) is 38.6 Å². The van der Waals surface area contributed by atoms with E-state index in [1.165, 1.54) is 23.9 Å². The minimum absolute atomic E-state index is 0.0746. The van der Waals surface area contributed by atoms with Crippen molar-refractivity contribution in [3.05, 3.63) is 29.0 Å². The van der Waals surface area contributed by atoms with Crippen molar-refractivity contribution in [3.8, 4) is 0 Å². The lowest BCUT2D eigenvalue weighted by Crippen LogP contribution is -2.60. The van der Waals surface area contributed by atoms with E-state index in [4.69, 9.17) is 14.2 Å². The lowest BCUT2D eigenvalue weighted by Gasteiger charge is -2.36. The van der Waals surface area contributed by atoms with Crippen LogP contribution in [0.2, 0.25) is 0 Å². The fraction of sp³-hybridized carbons (Fsp3) is 0.625. The summed E-state index contributed by atoms with van der Waals surface area (Å²) < 4.78 is 43.0. The molecule has 1 aromatic rings. The quantitative estimate of drug-likeness (QED) is 0.147. The van der Waals surface area contributed by atoms with Gasteiger partial charge in [0.2, 0.25) is 21.8 Å². The van der Waals surface area contributed by atoms with Crippen LogP contribution in [0.3, 0.4) is 0 Å². The number of methoxy groups -OCH3 is 1. The lowest BCUT2D eigenvalue weighted by molar-refractivity contribution is -0.143. The number of carbonyl (C=O) groups excluding carboxylic acids is 6. The summed E-state index contributed by atoms with van der Waals surface area (Å²) in [5, 5.41) is 10.1. The van der Waals surface area contributed by atoms with Gasteiger partial charge < -0.3 is 29.7 Å². The number of nitrogens with zero attached hydrogens (tertiary/aromatic N) is 1. The van der Waals surface area contributed by atoms with Gasteiger partial charge in [-0.25, -0.2) is 22.8 Å². The average Bonchev–Trinajstić information content (AvgIpc) is 3.89. The fourth-order valence-corrected chi connectivity index (χ4v) is 7.70. The minimum Gasteiger partial charge on any atom is -0.465 e. The number of carbonyl (C=O) groups is 6. The maximum atomic E-state index is 14.2. The Bertz CT molecular complexity index is 1660. The third kappa shape index (κ3) is 8.93. The van der Waals surface area contributed by atoms with E-state index in [0.717, 1.165) is 16.2 Å². The van der Waals surface area contributed by atoms with E-state index in [2.05, 4.69) is 27.3 Å². The molecule has 3 aliphatic rings. The molecule has 3 fully saturated rings. The van der Waals surface area contributed by atoms with Gasteiger partial charge in [-0.05, 0) is 45.4 Å². The molecule has 5 atom stereocenters. The molecule has 0 radical (unpaired) electrons. The highest BCUT2D eigenvalue weighted by atomic mass is 32.2. The summed E-state index contributed by atoms with van der Waals surface area (Å²) in [6.07, 6.45) is -0.746. The van der Waals surface area contributed by atoms with Crippen LogP contribution in [0.15, 0.2) is 23.4 Å². The Morgan fingerprint density at radius 3 is 2.26 bits per heavy atom. The van der Waals surface area contributed by atoms with Gasteiger partial charge >= 0.3 is 18.2 Å². The predicted octanol–water partition coefficient (Wildman–Crippen LogP) is 2.66. The molecular weight excluding hydrogens is 695 g/mol. The van der Waals surface area contributed by atoms with Crippen molar-refractivity contribution in [2.45, 2.75) is 102 Å². The number of thiophene rings is 1. The van der Waals surface area contributed by atoms with Gasteiger partial charge in [0.05, 0.1) is 30.2 Å². The monoisotopic (exact) mass is 739 g/mol. The molecule has 0 bridgehead atoms. The van der Waals surface area contributed by atoms with Crippen LogP contribution in [-0.4, -0.2) is 97.4 Å². The van der Waals surface area contributed by atoms with E-state index < -0.39 is 91.8 Å². The zero-order valence-corrected chi connectivity index (χ0v) is 30.7. The molecule has 18 heteroatoms. The Morgan fingerprint density at radius 1 is 1.06 bits per heavy atom. The smallest absolute Gasteiger partial charge is 0.412 e. The van der Waals surface area contributed by atoms with E-state index in [0.29, 0.717) is 12.8 Å². The maximum Gasteiger partial charge on any atom is 0.412 e. The molecule has 2 heterocycles. The summed E-state index contributed by atoms with van der Waals surface area (Å²) in [6.45, 7) is 13.5. The number of anilines is 1. The van der Waals surface area contributed by atoms with Crippen LogP contribution in [0.1, 0.15) is 77.6 Å². The van der Waals surface area contributed by atoms with E-state index in [1.807, 2.05) is 0 Å². The molecule has 276 valence electrons. The van der Waals surface area contributed by atoms with E-state index in [1.54, 1.807) is 41.5 Å². The summed E-state index contributed by atoms with van der Waals surface area (Å²) in [7, 11) is -2.75. The van der Waals surface area contributed by atoms with Gasteiger partial charge in [-0.15, -0.1) is 17.9 Å². The molecule has 1 unspecified atom stereocenters. The summed E-state index contributed by atoms with van der Waals surface area (Å²) in [5.74, 6) is -3.67. The molecule has 4 rings (SSSR count). The average molecular weight is 740 g/mol. The number of hydrogen-bond donors (Lipinski definition) is 4. The van der Waals surface area contributed by atoms with E-state index in [9.17, 15) is 37.2 Å². The lowest BCUT2D eigenvalue weighted by atomic mass is 9.85. The summed E-state index contributed by atoms with van der Waals surface area (Å²) >= 11 is 1.14. The topological polar surface area (TPSA) is 216 Å². The van der Waals surface area contributed by atoms with E-state index in [-0.39, 0.29) is 30.6 Å². The number of sulfonamides is 1. The highest BCUT2D eigenvalue weighted by Crippen LogP contribution is 2.45. The van der Waals surface area contributed by atoms with Gasteiger partial charge in [-0.2, -0.15) is 0 Å². The second-order valence-electron chi connectivity index (χ2n) is 14.7. The Hall–Kier alpha value is -4.19. The summed E-state index contributed by atoms with van der Waals surface area (Å²) in [6, 6.07) is -2.52. The zero-order valence-electron chi connectivity index (χ0n) is 29.1. The molecule has 50 heavy (non-hydrogen) atoms. The maximum absolute atomic E-state index is 14.2. The van der Waals surface area contributed by atoms with Crippen molar-refractivity contribution in [1.29, 1.82) is 0 Å². The van der Waals surface area contributed by atoms with Gasteiger partial charge in [0.1, 0.15) is 29.3 Å². The Morgan fingerprint density at radius 2 is 1.72 bits per heavy atom. The van der Waals surface area contributed by atoms with Crippen LogP contribution < -0.4 is 20.7 Å². The normalized spacial score (nSPS) is 23.9. The molecule has 4 N–H and O–H groups in total. The largest absolute Gasteiger partial charge is 0.465 e. The minimum atomic E-state index is -3.94. The Kier molecular flexibility index (Phi) is 11.0.